The van der Waals surface area contributed by atoms with Gasteiger partial charge in [0.05, 0.1) is 10.9 Å². The van der Waals surface area contributed by atoms with Crippen molar-refractivity contribution in [1.29, 1.82) is 10.7 Å². The second-order valence-electron chi connectivity index (χ2n) is 5.10. The van der Waals surface area contributed by atoms with Crippen LogP contribution in [0.2, 0.25) is 0 Å². The minimum atomic E-state index is -0.248. The van der Waals surface area contributed by atoms with E-state index in [0.717, 1.165) is 0 Å². The van der Waals surface area contributed by atoms with E-state index in [1.54, 1.807) is 36.1 Å². The lowest BCUT2D eigenvalue weighted by Gasteiger charge is -2.12. The molecule has 1 N–H and O–H groups in total. The van der Waals surface area contributed by atoms with E-state index in [1.807, 2.05) is 6.07 Å². The van der Waals surface area contributed by atoms with Gasteiger partial charge in [0, 0.05) is 26.5 Å². The number of aryl methyl sites for hydroxylation is 1. The van der Waals surface area contributed by atoms with Crippen LogP contribution in [-0.4, -0.2) is 27.7 Å². The molecule has 0 amide bonds. The highest BCUT2D eigenvalue weighted by Gasteiger charge is 2.12. The van der Waals surface area contributed by atoms with Gasteiger partial charge in [0.1, 0.15) is 22.9 Å². The van der Waals surface area contributed by atoms with Gasteiger partial charge in [-0.3, -0.25) is 14.6 Å². The zero-order valence-corrected chi connectivity index (χ0v) is 12.6. The van der Waals surface area contributed by atoms with Crippen molar-refractivity contribution in [2.75, 3.05) is 13.7 Å². The Morgan fingerprint density at radius 3 is 3.00 bits per heavy atom. The molecule has 7 nitrogen and oxygen atoms in total. The molecular formula is C16H15N5O2. The van der Waals surface area contributed by atoms with Gasteiger partial charge in [-0.1, -0.05) is 6.07 Å². The van der Waals surface area contributed by atoms with Gasteiger partial charge in [-0.25, -0.2) is 4.98 Å². The first-order valence-corrected chi connectivity index (χ1v) is 7.16. The predicted octanol–water partition coefficient (Wildman–Crippen LogP) is 1.04. The van der Waals surface area contributed by atoms with Crippen molar-refractivity contribution in [2.24, 2.45) is 0 Å². The molecule has 0 aliphatic carbocycles. The molecular weight excluding hydrogens is 294 g/mol. The normalized spacial score (nSPS) is 11.0. The molecule has 0 saturated heterocycles. The van der Waals surface area contributed by atoms with Gasteiger partial charge < -0.3 is 9.30 Å². The Labute approximate surface area is 131 Å². The summed E-state index contributed by atoms with van der Waals surface area (Å²) in [5, 5.41) is 17.8. The molecule has 3 heterocycles. The molecule has 3 aromatic rings. The molecule has 116 valence electrons. The van der Waals surface area contributed by atoms with Crippen LogP contribution in [0.15, 0.2) is 35.3 Å². The number of nitrogens with zero attached hydrogens (tertiary/aromatic N) is 4. The second kappa shape index (κ2) is 6.02. The van der Waals surface area contributed by atoms with Crippen molar-refractivity contribution in [3.05, 3.63) is 51.9 Å². The number of fused-ring (bicyclic) bond motifs is 2. The number of aromatic nitrogens is 3. The molecule has 0 radical (unpaired) electrons. The van der Waals surface area contributed by atoms with Crippen molar-refractivity contribution < 1.29 is 4.74 Å². The third-order valence-electron chi connectivity index (χ3n) is 3.67. The first-order valence-electron chi connectivity index (χ1n) is 7.16. The molecule has 0 unspecified atom stereocenters. The highest BCUT2D eigenvalue weighted by molar-refractivity contribution is 5.77. The summed E-state index contributed by atoms with van der Waals surface area (Å²) in [5.74, 6) is 0. The number of nitriles is 1. The minimum absolute atomic E-state index is 0.0586. The molecule has 7 heteroatoms. The average molecular weight is 309 g/mol. The third kappa shape index (κ3) is 2.49. The van der Waals surface area contributed by atoms with E-state index < -0.39 is 0 Å². The summed E-state index contributed by atoms with van der Waals surface area (Å²) in [5.41, 5.74) is 0.895. The van der Waals surface area contributed by atoms with Crippen LogP contribution in [0.25, 0.3) is 16.7 Å². The van der Waals surface area contributed by atoms with Gasteiger partial charge in [-0.2, -0.15) is 5.26 Å². The largest absolute Gasteiger partial charge is 0.385 e. The lowest BCUT2D eigenvalue weighted by molar-refractivity contribution is 0.190. The van der Waals surface area contributed by atoms with Crippen molar-refractivity contribution >= 4 is 16.7 Å². The lowest BCUT2D eigenvalue weighted by atomic mass is 10.2. The topological polar surface area (TPSA) is 96.2 Å². The highest BCUT2D eigenvalue weighted by Crippen LogP contribution is 2.10. The molecule has 3 rings (SSSR count). The molecule has 0 aromatic carbocycles. The van der Waals surface area contributed by atoms with Crippen LogP contribution in [0, 0.1) is 16.7 Å². The van der Waals surface area contributed by atoms with Crippen LogP contribution in [0.1, 0.15) is 12.0 Å². The molecule has 0 fully saturated rings. The molecule has 0 bridgehead atoms. The maximum Gasteiger partial charge on any atom is 0.267 e. The van der Waals surface area contributed by atoms with E-state index in [9.17, 15) is 10.1 Å². The quantitative estimate of drug-likeness (QED) is 0.575. The zero-order chi connectivity index (χ0) is 16.4. The van der Waals surface area contributed by atoms with Crippen LogP contribution >= 0.6 is 0 Å². The standard InChI is InChI=1S/C16H15N5O2/c1-23-8-4-7-21-14(18)11(10-17)9-12-15(21)19-13-5-2-3-6-20(13)16(12)22/h2-3,5-6,9,18H,4,7-8H2,1H3. The minimum Gasteiger partial charge on any atom is -0.385 e. The van der Waals surface area contributed by atoms with Crippen molar-refractivity contribution in [3.63, 3.8) is 0 Å². The van der Waals surface area contributed by atoms with Gasteiger partial charge in [-0.15, -0.1) is 0 Å². The Hall–Kier alpha value is -2.98. The fourth-order valence-electron chi connectivity index (χ4n) is 2.56. The molecule has 23 heavy (non-hydrogen) atoms. The number of nitrogens with one attached hydrogen (secondary N) is 1. The zero-order valence-electron chi connectivity index (χ0n) is 12.6. The number of ether oxygens (including phenoxy) is 1. The number of rotatable bonds is 4. The van der Waals surface area contributed by atoms with E-state index in [4.69, 9.17) is 10.1 Å². The van der Waals surface area contributed by atoms with Crippen molar-refractivity contribution in [3.8, 4) is 6.07 Å². The third-order valence-corrected chi connectivity index (χ3v) is 3.67. The Balaban J connectivity index is 2.39. The fraction of sp³-hybridized carbons (Fsp3) is 0.250. The SMILES string of the molecule is COCCCn1c(=N)c(C#N)cc2c(=O)n3ccccc3nc21. The predicted molar refractivity (Wildman–Crippen MR) is 84.0 cm³/mol. The van der Waals surface area contributed by atoms with Crippen LogP contribution in [-0.2, 0) is 11.3 Å². The van der Waals surface area contributed by atoms with Crippen LogP contribution in [0.3, 0.4) is 0 Å². The number of pyridine rings is 2. The van der Waals surface area contributed by atoms with E-state index in [2.05, 4.69) is 4.98 Å². The van der Waals surface area contributed by atoms with Gasteiger partial charge in [-0.05, 0) is 24.6 Å². The second-order valence-corrected chi connectivity index (χ2v) is 5.10. The Bertz CT molecular complexity index is 1040. The van der Waals surface area contributed by atoms with E-state index in [-0.39, 0.29) is 16.6 Å². The Kier molecular flexibility index (Phi) is 3.91. The first-order chi connectivity index (χ1) is 11.2. The van der Waals surface area contributed by atoms with Crippen LogP contribution in [0.4, 0.5) is 0 Å². The fourth-order valence-corrected chi connectivity index (χ4v) is 2.56. The van der Waals surface area contributed by atoms with Crippen LogP contribution < -0.4 is 11.0 Å². The number of hydrogen-bond acceptors (Lipinski definition) is 5. The summed E-state index contributed by atoms with van der Waals surface area (Å²) in [6, 6.07) is 8.71. The maximum atomic E-state index is 12.7. The van der Waals surface area contributed by atoms with Gasteiger partial charge in [0.15, 0.2) is 0 Å². The Morgan fingerprint density at radius 2 is 2.26 bits per heavy atom. The summed E-state index contributed by atoms with van der Waals surface area (Å²) in [7, 11) is 1.61. The summed E-state index contributed by atoms with van der Waals surface area (Å²) in [6.45, 7) is 0.978. The molecule has 0 spiro atoms. The summed E-state index contributed by atoms with van der Waals surface area (Å²) >= 11 is 0. The molecule has 3 aromatic heterocycles. The Morgan fingerprint density at radius 1 is 1.43 bits per heavy atom. The van der Waals surface area contributed by atoms with Gasteiger partial charge in [0.25, 0.3) is 5.56 Å². The molecule has 0 aliphatic rings. The number of methoxy groups -OCH3 is 1. The molecule has 0 saturated carbocycles. The lowest BCUT2D eigenvalue weighted by Crippen LogP contribution is -2.28. The first kappa shape index (κ1) is 14.9. The molecule has 0 aliphatic heterocycles. The molecule has 0 atom stereocenters. The maximum absolute atomic E-state index is 12.7. The van der Waals surface area contributed by atoms with Gasteiger partial charge >= 0.3 is 0 Å². The van der Waals surface area contributed by atoms with Gasteiger partial charge in [0.2, 0.25) is 0 Å². The summed E-state index contributed by atoms with van der Waals surface area (Å²) in [6.07, 6.45) is 2.30. The van der Waals surface area contributed by atoms with E-state index in [0.29, 0.717) is 36.3 Å². The summed E-state index contributed by atoms with van der Waals surface area (Å²) < 4.78 is 8.08. The average Bonchev–Trinajstić information content (AvgIpc) is 2.57. The van der Waals surface area contributed by atoms with E-state index in [1.165, 1.54) is 10.5 Å². The van der Waals surface area contributed by atoms with Crippen molar-refractivity contribution in [1.82, 2.24) is 14.0 Å². The van der Waals surface area contributed by atoms with Crippen molar-refractivity contribution in [2.45, 2.75) is 13.0 Å². The monoisotopic (exact) mass is 309 g/mol. The highest BCUT2D eigenvalue weighted by atomic mass is 16.5. The smallest absolute Gasteiger partial charge is 0.267 e. The van der Waals surface area contributed by atoms with Crippen LogP contribution in [0.5, 0.6) is 0 Å². The summed E-state index contributed by atoms with van der Waals surface area (Å²) in [4.78, 5) is 17.2. The number of hydrogen-bond donors (Lipinski definition) is 1. The van der Waals surface area contributed by atoms with E-state index >= 15 is 0 Å².